The van der Waals surface area contributed by atoms with E-state index in [1.165, 1.54) is 6.07 Å². The molecule has 0 aliphatic rings. The van der Waals surface area contributed by atoms with Gasteiger partial charge in [0.15, 0.2) is 0 Å². The van der Waals surface area contributed by atoms with Gasteiger partial charge in [-0.15, -0.1) is 0 Å². The molecular weight excluding hydrogens is 362 g/mol. The molecule has 25 heavy (non-hydrogen) atoms. The van der Waals surface area contributed by atoms with Gasteiger partial charge in [-0.3, -0.25) is 14.0 Å². The van der Waals surface area contributed by atoms with Gasteiger partial charge in [0.1, 0.15) is 6.54 Å². The molecular formula is C17H28ClN3O3S. The first-order chi connectivity index (χ1) is 11.5. The highest BCUT2D eigenvalue weighted by Crippen LogP contribution is 2.21. The van der Waals surface area contributed by atoms with Crippen LogP contribution in [0.15, 0.2) is 24.3 Å². The number of hydrogen-bond acceptors (Lipinski definition) is 4. The number of nitrogens with zero attached hydrogens (tertiary/aromatic N) is 2. The van der Waals surface area contributed by atoms with Gasteiger partial charge in [-0.2, -0.15) is 0 Å². The van der Waals surface area contributed by atoms with Crippen molar-refractivity contribution in [3.8, 4) is 0 Å². The van der Waals surface area contributed by atoms with E-state index >= 15 is 0 Å². The Morgan fingerprint density at radius 2 is 1.80 bits per heavy atom. The van der Waals surface area contributed by atoms with Crippen LogP contribution in [0.5, 0.6) is 0 Å². The van der Waals surface area contributed by atoms with E-state index in [-0.39, 0.29) is 12.5 Å². The summed E-state index contributed by atoms with van der Waals surface area (Å²) < 4.78 is 25.1. The van der Waals surface area contributed by atoms with Crippen molar-refractivity contribution in [2.24, 2.45) is 0 Å². The average Bonchev–Trinajstić information content (AvgIpc) is 2.47. The number of hydrogen-bond donors (Lipinski definition) is 1. The largest absolute Gasteiger partial charge is 0.353 e. The number of carbonyl (C=O) groups excluding carboxylic acids is 1. The highest BCUT2D eigenvalue weighted by molar-refractivity contribution is 7.92. The summed E-state index contributed by atoms with van der Waals surface area (Å²) in [5.41, 5.74) is 0.371. The third-order valence-electron chi connectivity index (χ3n) is 3.80. The number of sulfonamides is 1. The predicted octanol–water partition coefficient (Wildman–Crippen LogP) is 2.34. The molecule has 0 unspecified atom stereocenters. The second-order valence-corrected chi connectivity index (χ2v) is 8.87. The maximum atomic E-state index is 12.2. The van der Waals surface area contributed by atoms with E-state index in [4.69, 9.17) is 11.6 Å². The fourth-order valence-electron chi connectivity index (χ4n) is 2.65. The Hall–Kier alpha value is -1.31. The molecule has 0 fully saturated rings. The Kier molecular flexibility index (Phi) is 8.18. The molecule has 0 saturated carbocycles. The lowest BCUT2D eigenvalue weighted by Crippen LogP contribution is -2.45. The minimum Gasteiger partial charge on any atom is -0.353 e. The van der Waals surface area contributed by atoms with Gasteiger partial charge >= 0.3 is 0 Å². The molecule has 1 amide bonds. The van der Waals surface area contributed by atoms with Gasteiger partial charge in [0.25, 0.3) is 0 Å². The van der Waals surface area contributed by atoms with Crippen LogP contribution in [-0.4, -0.2) is 57.2 Å². The van der Waals surface area contributed by atoms with E-state index in [2.05, 4.69) is 37.9 Å². The molecule has 1 aromatic rings. The Bertz CT molecular complexity index is 669. The molecule has 0 aromatic heterocycles. The van der Waals surface area contributed by atoms with Gasteiger partial charge in [0, 0.05) is 30.2 Å². The molecule has 0 aliphatic carbocycles. The summed E-state index contributed by atoms with van der Waals surface area (Å²) in [7, 11) is -3.59. The zero-order chi connectivity index (χ0) is 19.2. The van der Waals surface area contributed by atoms with E-state index in [0.29, 0.717) is 35.9 Å². The lowest BCUT2D eigenvalue weighted by atomic mass is 10.2. The summed E-state index contributed by atoms with van der Waals surface area (Å²) in [4.78, 5) is 14.5. The number of benzene rings is 1. The van der Waals surface area contributed by atoms with Gasteiger partial charge in [0.2, 0.25) is 15.9 Å². The minimum atomic E-state index is -3.59. The van der Waals surface area contributed by atoms with Crippen molar-refractivity contribution in [1.82, 2.24) is 10.2 Å². The van der Waals surface area contributed by atoms with Crippen LogP contribution in [-0.2, 0) is 14.8 Å². The number of nitrogens with one attached hydrogen (secondary N) is 1. The summed E-state index contributed by atoms with van der Waals surface area (Å²) in [6.45, 7) is 9.30. The smallest absolute Gasteiger partial charge is 0.240 e. The molecule has 0 atom stereocenters. The van der Waals surface area contributed by atoms with Crippen LogP contribution in [0.25, 0.3) is 0 Å². The van der Waals surface area contributed by atoms with Crippen LogP contribution < -0.4 is 9.62 Å². The van der Waals surface area contributed by atoms with Gasteiger partial charge < -0.3 is 5.32 Å². The maximum Gasteiger partial charge on any atom is 0.240 e. The number of halogens is 1. The number of rotatable bonds is 9. The van der Waals surface area contributed by atoms with Crippen molar-refractivity contribution < 1.29 is 13.2 Å². The molecule has 1 rings (SSSR count). The topological polar surface area (TPSA) is 69.7 Å². The van der Waals surface area contributed by atoms with Crippen LogP contribution in [0.3, 0.4) is 0 Å². The first-order valence-electron chi connectivity index (χ1n) is 8.28. The van der Waals surface area contributed by atoms with E-state index in [0.717, 1.165) is 10.6 Å². The Labute approximate surface area is 156 Å². The third kappa shape index (κ3) is 7.22. The van der Waals surface area contributed by atoms with Crippen LogP contribution in [0.2, 0.25) is 5.02 Å². The van der Waals surface area contributed by atoms with E-state index in [1.54, 1.807) is 18.2 Å². The summed E-state index contributed by atoms with van der Waals surface area (Å²) in [5, 5.41) is 3.20. The molecule has 0 spiro atoms. The fourth-order valence-corrected chi connectivity index (χ4v) is 3.69. The van der Waals surface area contributed by atoms with Crippen molar-refractivity contribution in [2.75, 3.05) is 30.2 Å². The zero-order valence-electron chi connectivity index (χ0n) is 15.5. The molecule has 0 aliphatic heterocycles. The van der Waals surface area contributed by atoms with Crippen LogP contribution in [0.4, 0.5) is 5.69 Å². The van der Waals surface area contributed by atoms with Gasteiger partial charge in [-0.25, -0.2) is 8.42 Å². The van der Waals surface area contributed by atoms with E-state index in [1.807, 2.05) is 0 Å². The molecule has 8 heteroatoms. The van der Waals surface area contributed by atoms with E-state index < -0.39 is 10.0 Å². The molecule has 6 nitrogen and oxygen atoms in total. The second-order valence-electron chi connectivity index (χ2n) is 6.52. The third-order valence-corrected chi connectivity index (χ3v) is 5.18. The number of amides is 1. The Balaban J connectivity index is 2.71. The highest BCUT2D eigenvalue weighted by Gasteiger charge is 2.21. The second kappa shape index (κ2) is 9.40. The van der Waals surface area contributed by atoms with Crippen molar-refractivity contribution >= 4 is 33.2 Å². The van der Waals surface area contributed by atoms with Crippen LogP contribution in [0, 0.1) is 0 Å². The molecule has 0 bridgehead atoms. The molecule has 142 valence electrons. The van der Waals surface area contributed by atoms with Crippen molar-refractivity contribution in [3.63, 3.8) is 0 Å². The quantitative estimate of drug-likeness (QED) is 0.703. The Morgan fingerprint density at radius 3 is 2.28 bits per heavy atom. The van der Waals surface area contributed by atoms with Gasteiger partial charge in [-0.05, 0) is 45.9 Å². The number of carbonyl (C=O) groups is 1. The standard InChI is InChI=1S/C17H28ClN3O3S/c1-13(2)20(14(3)4)10-9-19-17(22)12-21(25(5,23)24)16-8-6-7-15(18)11-16/h6-8,11,13-14H,9-10,12H2,1-5H3,(H,19,22). The first kappa shape index (κ1) is 21.7. The monoisotopic (exact) mass is 389 g/mol. The van der Waals surface area contributed by atoms with Crippen molar-refractivity contribution in [3.05, 3.63) is 29.3 Å². The summed E-state index contributed by atoms with van der Waals surface area (Å²) >= 11 is 5.93. The van der Waals surface area contributed by atoms with Gasteiger partial charge in [0.05, 0.1) is 11.9 Å². The Morgan fingerprint density at radius 1 is 1.20 bits per heavy atom. The summed E-state index contributed by atoms with van der Waals surface area (Å²) in [5.74, 6) is -0.349. The molecule has 1 aromatic carbocycles. The summed E-state index contributed by atoms with van der Waals surface area (Å²) in [6, 6.07) is 7.18. The predicted molar refractivity (Wildman–Crippen MR) is 104 cm³/mol. The molecule has 1 N–H and O–H groups in total. The SMILES string of the molecule is CC(C)N(CCNC(=O)CN(c1cccc(Cl)c1)S(C)(=O)=O)C(C)C. The van der Waals surface area contributed by atoms with E-state index in [9.17, 15) is 13.2 Å². The van der Waals surface area contributed by atoms with Crippen molar-refractivity contribution in [1.29, 1.82) is 0 Å². The fraction of sp³-hybridized carbons (Fsp3) is 0.588. The summed E-state index contributed by atoms with van der Waals surface area (Å²) in [6.07, 6.45) is 1.07. The van der Waals surface area contributed by atoms with Crippen LogP contribution in [0.1, 0.15) is 27.7 Å². The normalized spacial score (nSPS) is 12.0. The first-order valence-corrected chi connectivity index (χ1v) is 10.5. The van der Waals surface area contributed by atoms with Crippen LogP contribution >= 0.6 is 11.6 Å². The maximum absolute atomic E-state index is 12.2. The lowest BCUT2D eigenvalue weighted by molar-refractivity contribution is -0.119. The van der Waals surface area contributed by atoms with Crippen molar-refractivity contribution in [2.45, 2.75) is 39.8 Å². The molecule has 0 heterocycles. The molecule has 0 radical (unpaired) electrons. The highest BCUT2D eigenvalue weighted by atomic mass is 35.5. The minimum absolute atomic E-state index is 0.275. The number of anilines is 1. The lowest BCUT2D eigenvalue weighted by Gasteiger charge is -2.30. The molecule has 0 saturated heterocycles. The average molecular weight is 390 g/mol. The zero-order valence-corrected chi connectivity index (χ0v) is 17.1. The van der Waals surface area contributed by atoms with Gasteiger partial charge in [-0.1, -0.05) is 17.7 Å².